The predicted octanol–water partition coefficient (Wildman–Crippen LogP) is 6.25. The fraction of sp³-hybridized carbons (Fsp3) is 0.429. The molecule has 0 bridgehead atoms. The highest BCUT2D eigenvalue weighted by Crippen LogP contribution is 2.44. The molecule has 1 aliphatic carbocycles. The molecular weight excluding hydrogens is 378 g/mol. The van der Waals surface area contributed by atoms with Crippen LogP contribution < -0.4 is 10.1 Å². The second kappa shape index (κ2) is 6.95. The Kier molecular flexibility index (Phi) is 4.77. The first-order valence-electron chi connectivity index (χ1n) is 9.22. The average molecular weight is 402 g/mol. The molecule has 3 aromatic rings. The van der Waals surface area contributed by atoms with E-state index in [9.17, 15) is 0 Å². The molecule has 1 unspecified atom stereocenters. The minimum Gasteiger partial charge on any atom is -0.495 e. The van der Waals surface area contributed by atoms with Crippen molar-refractivity contribution in [2.45, 2.75) is 40.0 Å². The molecule has 1 atom stereocenters. The minimum atomic E-state index is 0.334. The summed E-state index contributed by atoms with van der Waals surface area (Å²) in [5.74, 6) is 2.23. The number of ether oxygens (including phenoxy) is 1. The lowest BCUT2D eigenvalue weighted by atomic mass is 9.72. The van der Waals surface area contributed by atoms with E-state index in [1.165, 1.54) is 16.9 Å². The summed E-state index contributed by atoms with van der Waals surface area (Å²) in [7, 11) is 1.62. The first-order valence-corrected chi connectivity index (χ1v) is 10.4. The summed E-state index contributed by atoms with van der Waals surface area (Å²) in [5.41, 5.74) is 2.64. The standard InChI is InChI=1S/C21H24ClN3OS/c1-21(2,3)12-5-7-14-17(9-12)27-20-18(14)19(23-11-24-20)25-13-6-8-16(26-4)15(22)10-13/h6,8,10-12H,5,7,9H2,1-4H3,(H,23,24,25). The van der Waals surface area contributed by atoms with Crippen LogP contribution in [0.5, 0.6) is 5.75 Å². The zero-order valence-electron chi connectivity index (χ0n) is 16.1. The van der Waals surface area contributed by atoms with Crippen LogP contribution in [0, 0.1) is 11.3 Å². The molecule has 2 heterocycles. The molecular formula is C21H24ClN3OS. The van der Waals surface area contributed by atoms with Crippen LogP contribution in [0.4, 0.5) is 11.5 Å². The molecule has 0 amide bonds. The fourth-order valence-electron chi connectivity index (χ4n) is 3.83. The van der Waals surface area contributed by atoms with Crippen molar-refractivity contribution in [1.29, 1.82) is 0 Å². The molecule has 6 heteroatoms. The average Bonchev–Trinajstić information content (AvgIpc) is 3.00. The van der Waals surface area contributed by atoms with E-state index in [1.807, 2.05) is 29.5 Å². The molecule has 0 fully saturated rings. The van der Waals surface area contributed by atoms with Crippen LogP contribution in [0.25, 0.3) is 10.2 Å². The van der Waals surface area contributed by atoms with Gasteiger partial charge in [0.05, 0.1) is 17.5 Å². The number of thiophene rings is 1. The number of nitrogens with one attached hydrogen (secondary N) is 1. The highest BCUT2D eigenvalue weighted by Gasteiger charge is 2.31. The highest BCUT2D eigenvalue weighted by atomic mass is 35.5. The maximum atomic E-state index is 6.27. The lowest BCUT2D eigenvalue weighted by Crippen LogP contribution is -2.26. The molecule has 0 saturated heterocycles. The van der Waals surface area contributed by atoms with Crippen molar-refractivity contribution in [3.05, 3.63) is 40.0 Å². The van der Waals surface area contributed by atoms with E-state index in [4.69, 9.17) is 16.3 Å². The van der Waals surface area contributed by atoms with Crippen LogP contribution in [-0.4, -0.2) is 17.1 Å². The summed E-state index contributed by atoms with van der Waals surface area (Å²) in [6, 6.07) is 5.68. The van der Waals surface area contributed by atoms with E-state index in [1.54, 1.807) is 13.4 Å². The number of hydrogen-bond acceptors (Lipinski definition) is 5. The lowest BCUT2D eigenvalue weighted by molar-refractivity contribution is 0.218. The van der Waals surface area contributed by atoms with Crippen molar-refractivity contribution in [2.24, 2.45) is 11.3 Å². The van der Waals surface area contributed by atoms with Crippen molar-refractivity contribution in [3.63, 3.8) is 0 Å². The van der Waals surface area contributed by atoms with E-state index < -0.39 is 0 Å². The van der Waals surface area contributed by atoms with Gasteiger partial charge in [0.1, 0.15) is 22.7 Å². The SMILES string of the molecule is COc1ccc(Nc2ncnc3sc4c(c23)CCC(C(C)(C)C)C4)cc1Cl. The van der Waals surface area contributed by atoms with Gasteiger partial charge in [-0.25, -0.2) is 9.97 Å². The highest BCUT2D eigenvalue weighted by molar-refractivity contribution is 7.19. The monoisotopic (exact) mass is 401 g/mol. The Bertz CT molecular complexity index is 993. The number of aryl methyl sites for hydroxylation is 1. The second-order valence-electron chi connectivity index (χ2n) is 8.19. The van der Waals surface area contributed by atoms with Crippen LogP contribution >= 0.6 is 22.9 Å². The van der Waals surface area contributed by atoms with Crippen molar-refractivity contribution >= 4 is 44.7 Å². The number of aromatic nitrogens is 2. The molecule has 1 N–H and O–H groups in total. The Morgan fingerprint density at radius 1 is 1.26 bits per heavy atom. The first-order chi connectivity index (χ1) is 12.9. The molecule has 0 spiro atoms. The molecule has 4 nitrogen and oxygen atoms in total. The zero-order chi connectivity index (χ0) is 19.2. The van der Waals surface area contributed by atoms with Crippen LogP contribution in [0.1, 0.15) is 37.6 Å². The topological polar surface area (TPSA) is 47.0 Å². The Hall–Kier alpha value is -1.85. The van der Waals surface area contributed by atoms with Crippen molar-refractivity contribution in [3.8, 4) is 5.75 Å². The number of benzene rings is 1. The van der Waals surface area contributed by atoms with Gasteiger partial charge in [-0.05, 0) is 54.4 Å². The van der Waals surface area contributed by atoms with Gasteiger partial charge in [0.25, 0.3) is 0 Å². The molecule has 0 saturated carbocycles. The van der Waals surface area contributed by atoms with Gasteiger partial charge in [-0.15, -0.1) is 11.3 Å². The van der Waals surface area contributed by atoms with E-state index in [-0.39, 0.29) is 0 Å². The van der Waals surface area contributed by atoms with Gasteiger partial charge in [0.15, 0.2) is 0 Å². The third-order valence-electron chi connectivity index (χ3n) is 5.48. The molecule has 1 aliphatic rings. The summed E-state index contributed by atoms with van der Waals surface area (Å²) in [5, 5.41) is 5.17. The molecule has 0 aliphatic heterocycles. The van der Waals surface area contributed by atoms with Gasteiger partial charge in [-0.3, -0.25) is 0 Å². The fourth-order valence-corrected chi connectivity index (χ4v) is 5.35. The van der Waals surface area contributed by atoms with Crippen molar-refractivity contribution in [1.82, 2.24) is 9.97 Å². The summed E-state index contributed by atoms with van der Waals surface area (Å²) < 4.78 is 5.24. The number of rotatable bonds is 3. The maximum Gasteiger partial charge on any atom is 0.142 e. The van der Waals surface area contributed by atoms with E-state index in [2.05, 4.69) is 36.1 Å². The maximum absolute atomic E-state index is 6.27. The molecule has 4 rings (SSSR count). The largest absolute Gasteiger partial charge is 0.495 e. The summed E-state index contributed by atoms with van der Waals surface area (Å²) in [6.45, 7) is 7.03. The van der Waals surface area contributed by atoms with Crippen LogP contribution in [0.15, 0.2) is 24.5 Å². The Labute approximate surface area is 168 Å². The normalized spacial score (nSPS) is 17.0. The van der Waals surface area contributed by atoms with Gasteiger partial charge in [0, 0.05) is 10.6 Å². The van der Waals surface area contributed by atoms with Crippen molar-refractivity contribution < 1.29 is 4.74 Å². The molecule has 1 aromatic carbocycles. The summed E-state index contributed by atoms with van der Waals surface area (Å²) >= 11 is 8.09. The number of anilines is 2. The first kappa shape index (κ1) is 18.5. The van der Waals surface area contributed by atoms with Crippen molar-refractivity contribution in [2.75, 3.05) is 12.4 Å². The number of methoxy groups -OCH3 is 1. The minimum absolute atomic E-state index is 0.334. The van der Waals surface area contributed by atoms with Gasteiger partial charge in [-0.2, -0.15) is 0 Å². The Morgan fingerprint density at radius 3 is 2.78 bits per heavy atom. The Balaban J connectivity index is 1.71. The van der Waals surface area contributed by atoms with E-state index >= 15 is 0 Å². The van der Waals surface area contributed by atoms with Crippen LogP contribution in [-0.2, 0) is 12.8 Å². The number of halogens is 1. The summed E-state index contributed by atoms with van der Waals surface area (Å²) in [4.78, 5) is 11.6. The van der Waals surface area contributed by atoms with Gasteiger partial charge < -0.3 is 10.1 Å². The molecule has 0 radical (unpaired) electrons. The molecule has 2 aromatic heterocycles. The van der Waals surface area contributed by atoms with Gasteiger partial charge >= 0.3 is 0 Å². The Morgan fingerprint density at radius 2 is 2.07 bits per heavy atom. The summed E-state index contributed by atoms with van der Waals surface area (Å²) in [6.07, 6.45) is 5.07. The van der Waals surface area contributed by atoms with Gasteiger partial charge in [-0.1, -0.05) is 32.4 Å². The van der Waals surface area contributed by atoms with E-state index in [0.29, 0.717) is 22.1 Å². The quantitative estimate of drug-likeness (QED) is 0.563. The second-order valence-corrected chi connectivity index (χ2v) is 9.68. The number of fused-ring (bicyclic) bond motifs is 3. The number of nitrogens with zero attached hydrogens (tertiary/aromatic N) is 2. The van der Waals surface area contributed by atoms with Gasteiger partial charge in [0.2, 0.25) is 0 Å². The number of hydrogen-bond donors (Lipinski definition) is 1. The molecule has 27 heavy (non-hydrogen) atoms. The third kappa shape index (κ3) is 3.50. The van der Waals surface area contributed by atoms with Crippen LogP contribution in [0.3, 0.4) is 0 Å². The zero-order valence-corrected chi connectivity index (χ0v) is 17.7. The third-order valence-corrected chi connectivity index (χ3v) is 6.94. The van der Waals surface area contributed by atoms with E-state index in [0.717, 1.165) is 34.6 Å². The molecule has 142 valence electrons. The lowest BCUT2D eigenvalue weighted by Gasteiger charge is -2.33. The predicted molar refractivity (Wildman–Crippen MR) is 114 cm³/mol. The van der Waals surface area contributed by atoms with Crippen LogP contribution in [0.2, 0.25) is 5.02 Å². The smallest absolute Gasteiger partial charge is 0.142 e.